The summed E-state index contributed by atoms with van der Waals surface area (Å²) < 4.78 is 12.1. The van der Waals surface area contributed by atoms with Crippen LogP contribution in [-0.2, 0) is 24.5 Å². The number of urea groups is 1. The van der Waals surface area contributed by atoms with Crippen LogP contribution in [0.1, 0.15) is 16.1 Å². The summed E-state index contributed by atoms with van der Waals surface area (Å²) in [5.41, 5.74) is 3.76. The minimum absolute atomic E-state index is 0.180. The molecule has 1 N–H and O–H groups in total. The van der Waals surface area contributed by atoms with Crippen molar-refractivity contribution in [2.75, 3.05) is 19.5 Å². The highest BCUT2D eigenvalue weighted by Gasteiger charge is 2.12. The first-order valence-electron chi connectivity index (χ1n) is 10.3. The number of hydrogen-bond donors (Lipinski definition) is 1. The predicted octanol–water partition coefficient (Wildman–Crippen LogP) is 5.69. The van der Waals surface area contributed by atoms with Crippen molar-refractivity contribution in [3.63, 3.8) is 0 Å². The van der Waals surface area contributed by atoms with Gasteiger partial charge >= 0.3 is 6.03 Å². The van der Waals surface area contributed by atoms with Crippen LogP contribution in [0.4, 0.5) is 10.5 Å². The average molecular weight is 448 g/mol. The number of amides is 2. The number of fused-ring (bicyclic) bond motifs is 1. The highest BCUT2D eigenvalue weighted by atomic mass is 32.1. The van der Waals surface area contributed by atoms with Gasteiger partial charge in [-0.3, -0.25) is 0 Å². The zero-order valence-electron chi connectivity index (χ0n) is 18.1. The molecular formula is C25H25N3O3S. The summed E-state index contributed by atoms with van der Waals surface area (Å²) in [6.45, 7) is 1.42. The van der Waals surface area contributed by atoms with Gasteiger partial charge in [-0.05, 0) is 47.5 Å². The largest absolute Gasteiger partial charge is 0.497 e. The number of nitrogens with zero attached hydrogens (tertiary/aromatic N) is 2. The van der Waals surface area contributed by atoms with E-state index in [0.717, 1.165) is 37.8 Å². The van der Waals surface area contributed by atoms with Gasteiger partial charge in [-0.2, -0.15) is 0 Å². The molecule has 1 aromatic heterocycles. The molecule has 0 aliphatic carbocycles. The van der Waals surface area contributed by atoms with E-state index in [2.05, 4.69) is 10.3 Å². The predicted molar refractivity (Wildman–Crippen MR) is 128 cm³/mol. The van der Waals surface area contributed by atoms with E-state index in [0.29, 0.717) is 19.8 Å². The van der Waals surface area contributed by atoms with Gasteiger partial charge in [0.25, 0.3) is 0 Å². The summed E-state index contributed by atoms with van der Waals surface area (Å²) >= 11 is 1.60. The molecule has 0 saturated heterocycles. The van der Waals surface area contributed by atoms with E-state index in [1.165, 1.54) is 0 Å². The van der Waals surface area contributed by atoms with Crippen molar-refractivity contribution >= 4 is 33.3 Å². The molecule has 0 unspecified atom stereocenters. The first kappa shape index (κ1) is 21.8. The number of para-hydroxylation sites is 1. The Bertz CT molecular complexity index is 1160. The first-order valence-corrected chi connectivity index (χ1v) is 11.1. The number of anilines is 1. The maximum atomic E-state index is 12.6. The van der Waals surface area contributed by atoms with E-state index in [9.17, 15) is 4.79 Å². The number of ether oxygens (including phenoxy) is 2. The molecule has 0 radical (unpaired) electrons. The Kier molecular flexibility index (Phi) is 6.99. The zero-order chi connectivity index (χ0) is 22.3. The van der Waals surface area contributed by atoms with Crippen LogP contribution in [-0.4, -0.2) is 30.1 Å². The lowest BCUT2D eigenvalue weighted by Gasteiger charge is -2.17. The molecule has 0 fully saturated rings. The summed E-state index contributed by atoms with van der Waals surface area (Å²) in [5, 5.41) is 3.86. The lowest BCUT2D eigenvalue weighted by Crippen LogP contribution is -2.30. The van der Waals surface area contributed by atoms with Crippen molar-refractivity contribution in [2.45, 2.75) is 19.8 Å². The van der Waals surface area contributed by atoms with E-state index in [1.807, 2.05) is 72.8 Å². The highest BCUT2D eigenvalue weighted by Crippen LogP contribution is 2.22. The second kappa shape index (κ2) is 10.3. The molecule has 4 rings (SSSR count). The summed E-state index contributed by atoms with van der Waals surface area (Å²) in [5.74, 6) is 0.824. The summed E-state index contributed by atoms with van der Waals surface area (Å²) in [4.78, 5) is 18.9. The third kappa shape index (κ3) is 5.63. The number of benzene rings is 3. The Balaban J connectivity index is 1.29. The molecule has 7 heteroatoms. The Morgan fingerprint density at radius 3 is 2.56 bits per heavy atom. The number of methoxy groups -OCH3 is 1. The van der Waals surface area contributed by atoms with E-state index in [-0.39, 0.29) is 6.03 Å². The third-order valence-corrected chi connectivity index (χ3v) is 5.95. The molecule has 0 atom stereocenters. The van der Waals surface area contributed by atoms with Crippen LogP contribution in [0.2, 0.25) is 0 Å². The summed E-state index contributed by atoms with van der Waals surface area (Å²) in [6, 6.07) is 23.3. The Labute approximate surface area is 191 Å². The van der Waals surface area contributed by atoms with Crippen LogP contribution in [0.25, 0.3) is 10.2 Å². The van der Waals surface area contributed by atoms with Crippen molar-refractivity contribution in [3.8, 4) is 5.75 Å². The lowest BCUT2D eigenvalue weighted by molar-refractivity contribution is 0.107. The number of carbonyl (C=O) groups is 1. The third-order valence-electron chi connectivity index (χ3n) is 4.93. The minimum Gasteiger partial charge on any atom is -0.497 e. The quantitative estimate of drug-likeness (QED) is 0.377. The summed E-state index contributed by atoms with van der Waals surface area (Å²) in [7, 11) is 3.42. The molecule has 0 saturated carbocycles. The van der Waals surface area contributed by atoms with Gasteiger partial charge in [-0.15, -0.1) is 11.3 Å². The SMILES string of the molecule is COc1ccc(COCc2cccc(NC(=O)N(C)Cc3nc4ccccc4s3)c2)cc1. The van der Waals surface area contributed by atoms with Crippen LogP contribution in [0, 0.1) is 0 Å². The number of thiazole rings is 1. The maximum Gasteiger partial charge on any atom is 0.321 e. The molecule has 0 aliphatic rings. The van der Waals surface area contributed by atoms with E-state index < -0.39 is 0 Å². The molecule has 6 nitrogen and oxygen atoms in total. The molecule has 2 amide bonds. The van der Waals surface area contributed by atoms with Crippen LogP contribution in [0.5, 0.6) is 5.75 Å². The minimum atomic E-state index is -0.180. The standard InChI is InChI=1S/C25H25N3O3S/c1-28(15-24-27-22-8-3-4-9-23(22)32-24)25(29)26-20-7-5-6-19(14-20)17-31-16-18-10-12-21(30-2)13-11-18/h3-14H,15-17H2,1-2H3,(H,26,29). The molecule has 164 valence electrons. The topological polar surface area (TPSA) is 63.7 Å². The molecule has 0 bridgehead atoms. The van der Waals surface area contributed by atoms with Crippen molar-refractivity contribution in [1.82, 2.24) is 9.88 Å². The van der Waals surface area contributed by atoms with Gasteiger partial charge in [0, 0.05) is 12.7 Å². The fraction of sp³-hybridized carbons (Fsp3) is 0.200. The van der Waals surface area contributed by atoms with Crippen LogP contribution in [0.15, 0.2) is 72.8 Å². The Hall–Kier alpha value is -3.42. The second-order valence-corrected chi connectivity index (χ2v) is 8.52. The van der Waals surface area contributed by atoms with Gasteiger partial charge in [0.05, 0.1) is 37.1 Å². The fourth-order valence-electron chi connectivity index (χ4n) is 3.23. The molecule has 0 aliphatic heterocycles. The number of nitrogens with one attached hydrogen (secondary N) is 1. The molecule has 4 aromatic rings. The second-order valence-electron chi connectivity index (χ2n) is 7.40. The Morgan fingerprint density at radius 2 is 1.78 bits per heavy atom. The number of hydrogen-bond acceptors (Lipinski definition) is 5. The van der Waals surface area contributed by atoms with Gasteiger partial charge in [0.15, 0.2) is 0 Å². The number of carbonyl (C=O) groups excluding carboxylic acids is 1. The fourth-order valence-corrected chi connectivity index (χ4v) is 4.25. The molecule has 32 heavy (non-hydrogen) atoms. The van der Waals surface area contributed by atoms with Crippen LogP contribution in [0.3, 0.4) is 0 Å². The molecule has 0 spiro atoms. The molecule has 3 aromatic carbocycles. The van der Waals surface area contributed by atoms with Gasteiger partial charge in [0.1, 0.15) is 10.8 Å². The smallest absolute Gasteiger partial charge is 0.321 e. The van der Waals surface area contributed by atoms with E-state index in [1.54, 1.807) is 30.4 Å². The van der Waals surface area contributed by atoms with Crippen LogP contribution >= 0.6 is 11.3 Å². The Morgan fingerprint density at radius 1 is 1.00 bits per heavy atom. The van der Waals surface area contributed by atoms with Crippen molar-refractivity contribution < 1.29 is 14.3 Å². The maximum absolute atomic E-state index is 12.6. The zero-order valence-corrected chi connectivity index (χ0v) is 18.9. The van der Waals surface area contributed by atoms with Gasteiger partial charge < -0.3 is 19.7 Å². The van der Waals surface area contributed by atoms with Gasteiger partial charge in [-0.1, -0.05) is 36.4 Å². The monoisotopic (exact) mass is 447 g/mol. The number of rotatable bonds is 8. The van der Waals surface area contributed by atoms with Crippen molar-refractivity contribution in [1.29, 1.82) is 0 Å². The first-order chi connectivity index (χ1) is 15.6. The molecule has 1 heterocycles. The van der Waals surface area contributed by atoms with Gasteiger partial charge in [-0.25, -0.2) is 9.78 Å². The van der Waals surface area contributed by atoms with E-state index in [4.69, 9.17) is 9.47 Å². The van der Waals surface area contributed by atoms with E-state index >= 15 is 0 Å². The average Bonchev–Trinajstić information content (AvgIpc) is 3.22. The number of aromatic nitrogens is 1. The van der Waals surface area contributed by atoms with Crippen molar-refractivity contribution in [3.05, 3.63) is 88.9 Å². The van der Waals surface area contributed by atoms with Crippen LogP contribution < -0.4 is 10.1 Å². The lowest BCUT2D eigenvalue weighted by atomic mass is 10.2. The van der Waals surface area contributed by atoms with Crippen molar-refractivity contribution in [2.24, 2.45) is 0 Å². The normalized spacial score (nSPS) is 10.8. The van der Waals surface area contributed by atoms with Gasteiger partial charge in [0.2, 0.25) is 0 Å². The summed E-state index contributed by atoms with van der Waals surface area (Å²) in [6.07, 6.45) is 0. The molecular weight excluding hydrogens is 422 g/mol. The highest BCUT2D eigenvalue weighted by molar-refractivity contribution is 7.18.